The van der Waals surface area contributed by atoms with E-state index in [0.29, 0.717) is 38.2 Å². The number of hydrogen-bond donors (Lipinski definition) is 1. The molecule has 0 atom stereocenters. The summed E-state index contributed by atoms with van der Waals surface area (Å²) in [5, 5.41) is 2.91. The van der Waals surface area contributed by atoms with Crippen LogP contribution in [0.15, 0.2) is 48.5 Å². The Hall–Kier alpha value is -3.35. The van der Waals surface area contributed by atoms with Crippen LogP contribution in [0.25, 0.3) is 0 Å². The second-order valence-corrected chi connectivity index (χ2v) is 8.12. The largest absolute Gasteiger partial charge is 0.335 e. The van der Waals surface area contributed by atoms with E-state index in [9.17, 15) is 14.4 Å². The zero-order valence-corrected chi connectivity index (χ0v) is 17.8. The number of piperazine rings is 1. The Labute approximate surface area is 182 Å². The van der Waals surface area contributed by atoms with Crippen LogP contribution in [0, 0.1) is 6.92 Å². The van der Waals surface area contributed by atoms with Crippen molar-refractivity contribution < 1.29 is 14.4 Å². The van der Waals surface area contributed by atoms with Crippen molar-refractivity contribution in [2.24, 2.45) is 0 Å². The molecule has 2 aromatic rings. The van der Waals surface area contributed by atoms with Gasteiger partial charge in [0.15, 0.2) is 0 Å². The summed E-state index contributed by atoms with van der Waals surface area (Å²) in [5.74, 6) is 0.0977. The van der Waals surface area contributed by atoms with Crippen LogP contribution in [0.1, 0.15) is 35.2 Å². The van der Waals surface area contributed by atoms with E-state index in [0.717, 1.165) is 36.3 Å². The van der Waals surface area contributed by atoms with Crippen molar-refractivity contribution in [3.05, 3.63) is 59.7 Å². The monoisotopic (exact) mass is 420 g/mol. The maximum atomic E-state index is 12.9. The summed E-state index contributed by atoms with van der Waals surface area (Å²) in [6.45, 7) is 4.70. The molecule has 162 valence electrons. The molecule has 0 unspecified atom stereocenters. The van der Waals surface area contributed by atoms with Crippen molar-refractivity contribution >= 4 is 29.2 Å². The molecule has 1 N–H and O–H groups in total. The molecule has 2 aliphatic heterocycles. The number of benzene rings is 2. The number of hydrogen-bond acceptors (Lipinski definition) is 3. The lowest BCUT2D eigenvalue weighted by Gasteiger charge is -2.35. The van der Waals surface area contributed by atoms with Crippen LogP contribution in [0.5, 0.6) is 0 Å². The molecule has 2 aliphatic rings. The Morgan fingerprint density at radius 3 is 2.10 bits per heavy atom. The van der Waals surface area contributed by atoms with Gasteiger partial charge in [0.05, 0.1) is 0 Å². The first-order valence-electron chi connectivity index (χ1n) is 10.8. The maximum absolute atomic E-state index is 12.9. The van der Waals surface area contributed by atoms with E-state index in [1.54, 1.807) is 26.8 Å². The number of aryl methyl sites for hydroxylation is 1. The van der Waals surface area contributed by atoms with Crippen molar-refractivity contribution in [2.75, 3.05) is 42.9 Å². The molecule has 0 radical (unpaired) electrons. The molecule has 2 saturated heterocycles. The predicted molar refractivity (Wildman–Crippen MR) is 120 cm³/mol. The van der Waals surface area contributed by atoms with Gasteiger partial charge in [0.25, 0.3) is 5.91 Å². The summed E-state index contributed by atoms with van der Waals surface area (Å²) in [6, 6.07) is 14.8. The first-order valence-corrected chi connectivity index (χ1v) is 10.8. The SMILES string of the molecule is Cc1ccc(NC(=O)N2CCN(C(=O)c3ccc(N4CCCCC4=O)cc3)CC2)cc1. The van der Waals surface area contributed by atoms with Gasteiger partial charge in [-0.1, -0.05) is 17.7 Å². The minimum Gasteiger partial charge on any atom is -0.335 e. The second kappa shape index (κ2) is 9.20. The van der Waals surface area contributed by atoms with Crippen molar-refractivity contribution in [3.63, 3.8) is 0 Å². The van der Waals surface area contributed by atoms with Gasteiger partial charge in [-0.3, -0.25) is 9.59 Å². The summed E-state index contributed by atoms with van der Waals surface area (Å²) < 4.78 is 0. The van der Waals surface area contributed by atoms with Crippen LogP contribution in [0.3, 0.4) is 0 Å². The molecule has 0 spiro atoms. The van der Waals surface area contributed by atoms with E-state index < -0.39 is 0 Å². The molecular formula is C24H28N4O3. The predicted octanol–water partition coefficient (Wildman–Crippen LogP) is 3.50. The van der Waals surface area contributed by atoms with Gasteiger partial charge in [0, 0.05) is 56.1 Å². The minimum atomic E-state index is -0.147. The Bertz CT molecular complexity index is 948. The first kappa shape index (κ1) is 20.9. The molecule has 0 aliphatic carbocycles. The smallest absolute Gasteiger partial charge is 0.321 e. The number of rotatable bonds is 3. The number of anilines is 2. The standard InChI is InChI=1S/C24H28N4O3/c1-18-5-9-20(10-6-18)25-24(31)27-16-14-26(15-17-27)23(30)19-7-11-21(12-8-19)28-13-3-2-4-22(28)29/h5-12H,2-4,13-17H2,1H3,(H,25,31). The normalized spacial score (nSPS) is 16.9. The summed E-state index contributed by atoms with van der Waals surface area (Å²) in [5.41, 5.74) is 3.35. The maximum Gasteiger partial charge on any atom is 0.321 e. The summed E-state index contributed by atoms with van der Waals surface area (Å²) in [6.07, 6.45) is 2.54. The van der Waals surface area contributed by atoms with E-state index in [4.69, 9.17) is 0 Å². The molecule has 0 saturated carbocycles. The van der Waals surface area contributed by atoms with Crippen LogP contribution in [0.2, 0.25) is 0 Å². The molecule has 2 fully saturated rings. The van der Waals surface area contributed by atoms with Gasteiger partial charge in [-0.2, -0.15) is 0 Å². The zero-order chi connectivity index (χ0) is 21.8. The molecule has 31 heavy (non-hydrogen) atoms. The summed E-state index contributed by atoms with van der Waals surface area (Å²) in [7, 11) is 0. The van der Waals surface area contributed by atoms with E-state index in [1.807, 2.05) is 43.3 Å². The highest BCUT2D eigenvalue weighted by molar-refractivity contribution is 5.97. The molecule has 0 aromatic heterocycles. The van der Waals surface area contributed by atoms with Crippen molar-refractivity contribution in [2.45, 2.75) is 26.2 Å². The van der Waals surface area contributed by atoms with E-state index in [2.05, 4.69) is 5.32 Å². The van der Waals surface area contributed by atoms with Crippen LogP contribution in [-0.4, -0.2) is 60.4 Å². The van der Waals surface area contributed by atoms with Gasteiger partial charge < -0.3 is 20.0 Å². The van der Waals surface area contributed by atoms with Gasteiger partial charge in [-0.15, -0.1) is 0 Å². The highest BCUT2D eigenvalue weighted by atomic mass is 16.2. The van der Waals surface area contributed by atoms with Crippen LogP contribution in [-0.2, 0) is 4.79 Å². The average molecular weight is 421 g/mol. The van der Waals surface area contributed by atoms with E-state index in [-0.39, 0.29) is 17.8 Å². The first-order chi connectivity index (χ1) is 15.0. The van der Waals surface area contributed by atoms with Crippen LogP contribution < -0.4 is 10.2 Å². The second-order valence-electron chi connectivity index (χ2n) is 8.12. The topological polar surface area (TPSA) is 73.0 Å². The summed E-state index contributed by atoms with van der Waals surface area (Å²) >= 11 is 0. The quantitative estimate of drug-likeness (QED) is 0.826. The molecule has 4 rings (SSSR count). The van der Waals surface area contributed by atoms with Gasteiger partial charge >= 0.3 is 6.03 Å². The average Bonchev–Trinajstić information content (AvgIpc) is 2.81. The third-order valence-electron chi connectivity index (χ3n) is 5.91. The fourth-order valence-electron chi connectivity index (χ4n) is 4.00. The van der Waals surface area contributed by atoms with E-state index >= 15 is 0 Å². The number of nitrogens with one attached hydrogen (secondary N) is 1. The Morgan fingerprint density at radius 1 is 0.806 bits per heavy atom. The van der Waals surface area contributed by atoms with Crippen molar-refractivity contribution in [1.82, 2.24) is 9.80 Å². The lowest BCUT2D eigenvalue weighted by molar-refractivity contribution is -0.119. The van der Waals surface area contributed by atoms with Crippen LogP contribution in [0.4, 0.5) is 16.2 Å². The van der Waals surface area contributed by atoms with Gasteiger partial charge in [0.2, 0.25) is 5.91 Å². The molecule has 2 heterocycles. The highest BCUT2D eigenvalue weighted by Gasteiger charge is 2.25. The highest BCUT2D eigenvalue weighted by Crippen LogP contribution is 2.22. The molecule has 4 amide bonds. The number of carbonyl (C=O) groups excluding carboxylic acids is 3. The minimum absolute atomic E-state index is 0.0462. The molecule has 7 heteroatoms. The van der Waals surface area contributed by atoms with Crippen molar-refractivity contribution in [3.8, 4) is 0 Å². The summed E-state index contributed by atoms with van der Waals surface area (Å²) in [4.78, 5) is 42.8. The molecule has 0 bridgehead atoms. The third-order valence-corrected chi connectivity index (χ3v) is 5.91. The van der Waals surface area contributed by atoms with Gasteiger partial charge in [-0.25, -0.2) is 4.79 Å². The number of nitrogens with zero attached hydrogens (tertiary/aromatic N) is 3. The fourth-order valence-corrected chi connectivity index (χ4v) is 4.00. The molecule has 7 nitrogen and oxygen atoms in total. The van der Waals surface area contributed by atoms with Gasteiger partial charge in [0.1, 0.15) is 0 Å². The van der Waals surface area contributed by atoms with E-state index in [1.165, 1.54) is 0 Å². The van der Waals surface area contributed by atoms with Crippen LogP contribution >= 0.6 is 0 Å². The number of carbonyl (C=O) groups is 3. The number of piperidine rings is 1. The Balaban J connectivity index is 1.31. The number of amides is 4. The fraction of sp³-hybridized carbons (Fsp3) is 0.375. The van der Waals surface area contributed by atoms with Crippen molar-refractivity contribution in [1.29, 1.82) is 0 Å². The lowest BCUT2D eigenvalue weighted by atomic mass is 10.1. The molecule has 2 aromatic carbocycles. The Kier molecular flexibility index (Phi) is 6.21. The Morgan fingerprint density at radius 2 is 1.45 bits per heavy atom. The zero-order valence-electron chi connectivity index (χ0n) is 17.8. The number of urea groups is 1. The third kappa shape index (κ3) is 4.87. The molecular weight excluding hydrogens is 392 g/mol. The lowest BCUT2D eigenvalue weighted by Crippen LogP contribution is -2.51. The van der Waals surface area contributed by atoms with Gasteiger partial charge in [-0.05, 0) is 56.2 Å².